The molecule has 0 fully saturated rings. The number of carbonyl (C=O) groups excluding carboxylic acids is 2. The Morgan fingerprint density at radius 2 is 2.00 bits per heavy atom. The molecule has 16 heavy (non-hydrogen) atoms. The Labute approximate surface area is 94.1 Å². The molecule has 5 heteroatoms. The molecule has 88 valence electrons. The maximum Gasteiger partial charge on any atom is 0.163 e. The molecule has 0 aliphatic carbocycles. The molecule has 0 amide bonds. The van der Waals surface area contributed by atoms with Crippen LogP contribution in [0.4, 0.5) is 0 Å². The van der Waals surface area contributed by atoms with Crippen LogP contribution in [0.3, 0.4) is 0 Å². The van der Waals surface area contributed by atoms with Crippen molar-refractivity contribution in [1.29, 1.82) is 0 Å². The summed E-state index contributed by atoms with van der Waals surface area (Å²) in [5.41, 5.74) is 1.92. The molecular formula is C11H15N2O3-. The fourth-order valence-electron chi connectivity index (χ4n) is 1.93. The van der Waals surface area contributed by atoms with Crippen molar-refractivity contribution in [2.24, 2.45) is 0 Å². The van der Waals surface area contributed by atoms with E-state index in [2.05, 4.69) is 5.10 Å². The van der Waals surface area contributed by atoms with Crippen molar-refractivity contribution in [3.05, 3.63) is 17.0 Å². The highest BCUT2D eigenvalue weighted by molar-refractivity contribution is 5.96. The van der Waals surface area contributed by atoms with E-state index >= 15 is 0 Å². The molecule has 1 atom stereocenters. The van der Waals surface area contributed by atoms with Crippen LogP contribution in [-0.4, -0.2) is 21.5 Å². The molecule has 1 aromatic heterocycles. The SMILES string of the molecule is CC(=O)c1c(C)nn([C@H](C)CC(=O)[O-])c1C. The third-order valence-electron chi connectivity index (χ3n) is 2.56. The Morgan fingerprint density at radius 3 is 2.38 bits per heavy atom. The van der Waals surface area contributed by atoms with Crippen LogP contribution in [0.2, 0.25) is 0 Å². The molecule has 0 saturated heterocycles. The Morgan fingerprint density at radius 1 is 1.44 bits per heavy atom. The first-order valence-corrected chi connectivity index (χ1v) is 5.11. The topological polar surface area (TPSA) is 75.0 Å². The number of hydrogen-bond donors (Lipinski definition) is 0. The van der Waals surface area contributed by atoms with E-state index in [0.29, 0.717) is 17.0 Å². The molecule has 5 nitrogen and oxygen atoms in total. The molecule has 0 unspecified atom stereocenters. The van der Waals surface area contributed by atoms with Crippen LogP contribution in [0.5, 0.6) is 0 Å². The van der Waals surface area contributed by atoms with E-state index in [9.17, 15) is 14.7 Å². The van der Waals surface area contributed by atoms with Crippen molar-refractivity contribution in [3.63, 3.8) is 0 Å². The van der Waals surface area contributed by atoms with Crippen molar-refractivity contribution in [2.45, 2.75) is 40.2 Å². The fraction of sp³-hybridized carbons (Fsp3) is 0.545. The summed E-state index contributed by atoms with van der Waals surface area (Å²) in [5, 5.41) is 14.7. The van der Waals surface area contributed by atoms with Gasteiger partial charge < -0.3 is 9.90 Å². The lowest BCUT2D eigenvalue weighted by atomic mass is 10.1. The van der Waals surface area contributed by atoms with Gasteiger partial charge in [0.1, 0.15) is 0 Å². The Bertz CT molecular complexity index is 435. The highest BCUT2D eigenvalue weighted by Crippen LogP contribution is 2.19. The molecule has 0 bridgehead atoms. The predicted molar refractivity (Wildman–Crippen MR) is 56.0 cm³/mol. The number of Topliss-reactive ketones (excluding diaryl/α,β-unsaturated/α-hetero) is 1. The first-order valence-electron chi connectivity index (χ1n) is 5.11. The zero-order chi connectivity index (χ0) is 12.5. The van der Waals surface area contributed by atoms with Crippen LogP contribution in [-0.2, 0) is 4.79 Å². The van der Waals surface area contributed by atoms with Gasteiger partial charge in [-0.3, -0.25) is 9.48 Å². The van der Waals surface area contributed by atoms with Gasteiger partial charge in [-0.2, -0.15) is 5.10 Å². The van der Waals surface area contributed by atoms with E-state index in [1.165, 1.54) is 6.92 Å². The number of rotatable bonds is 4. The molecule has 1 rings (SSSR count). The molecule has 0 spiro atoms. The Kier molecular flexibility index (Phi) is 3.47. The van der Waals surface area contributed by atoms with Crippen LogP contribution in [0.15, 0.2) is 0 Å². The molecule has 0 aliphatic rings. The average molecular weight is 223 g/mol. The van der Waals surface area contributed by atoms with E-state index in [0.717, 1.165) is 0 Å². The van der Waals surface area contributed by atoms with Crippen LogP contribution < -0.4 is 5.11 Å². The largest absolute Gasteiger partial charge is 0.550 e. The van der Waals surface area contributed by atoms with Crippen molar-refractivity contribution in [3.8, 4) is 0 Å². The van der Waals surface area contributed by atoms with E-state index in [1.54, 1.807) is 25.5 Å². The number of aromatic nitrogens is 2. The van der Waals surface area contributed by atoms with E-state index in [1.807, 2.05) is 0 Å². The zero-order valence-corrected chi connectivity index (χ0v) is 9.90. The molecule has 0 saturated carbocycles. The van der Waals surface area contributed by atoms with Gasteiger partial charge in [0, 0.05) is 18.1 Å². The average Bonchev–Trinajstić information content (AvgIpc) is 2.40. The van der Waals surface area contributed by atoms with Crippen molar-refractivity contribution in [1.82, 2.24) is 9.78 Å². The molecule has 0 aliphatic heterocycles. The summed E-state index contributed by atoms with van der Waals surface area (Å²) in [4.78, 5) is 21.9. The van der Waals surface area contributed by atoms with Gasteiger partial charge in [0.05, 0.1) is 17.3 Å². The smallest absolute Gasteiger partial charge is 0.163 e. The molecule has 0 aromatic carbocycles. The summed E-state index contributed by atoms with van der Waals surface area (Å²) in [7, 11) is 0. The third-order valence-corrected chi connectivity index (χ3v) is 2.56. The second-order valence-corrected chi connectivity index (χ2v) is 3.97. The van der Waals surface area contributed by atoms with Gasteiger partial charge in [-0.05, 0) is 27.7 Å². The lowest BCUT2D eigenvalue weighted by Gasteiger charge is -2.14. The number of aryl methyl sites for hydroxylation is 1. The lowest BCUT2D eigenvalue weighted by Crippen LogP contribution is -2.26. The summed E-state index contributed by atoms with van der Waals surface area (Å²) >= 11 is 0. The number of ketones is 1. The Balaban J connectivity index is 3.12. The maximum absolute atomic E-state index is 11.4. The lowest BCUT2D eigenvalue weighted by molar-refractivity contribution is -0.306. The number of hydrogen-bond acceptors (Lipinski definition) is 4. The molecule has 0 N–H and O–H groups in total. The normalized spacial score (nSPS) is 12.5. The predicted octanol–water partition coefficient (Wildman–Crippen LogP) is 0.404. The van der Waals surface area contributed by atoms with Crippen molar-refractivity contribution < 1.29 is 14.7 Å². The fourth-order valence-corrected chi connectivity index (χ4v) is 1.93. The molecule has 1 heterocycles. The summed E-state index contributed by atoms with van der Waals surface area (Å²) in [6.45, 7) is 6.72. The quantitative estimate of drug-likeness (QED) is 0.692. The third kappa shape index (κ3) is 2.29. The molecule has 0 radical (unpaired) electrons. The van der Waals surface area contributed by atoms with Crippen LogP contribution >= 0.6 is 0 Å². The minimum absolute atomic E-state index is 0.0538. The molecule has 1 aromatic rings. The maximum atomic E-state index is 11.4. The van der Waals surface area contributed by atoms with E-state index in [-0.39, 0.29) is 18.2 Å². The number of carbonyl (C=O) groups is 2. The Hall–Kier alpha value is -1.65. The summed E-state index contributed by atoms with van der Waals surface area (Å²) in [6.07, 6.45) is -0.112. The van der Waals surface area contributed by atoms with Gasteiger partial charge in [0.2, 0.25) is 0 Å². The summed E-state index contributed by atoms with van der Waals surface area (Å²) < 4.78 is 1.57. The van der Waals surface area contributed by atoms with Crippen LogP contribution in [0, 0.1) is 13.8 Å². The van der Waals surface area contributed by atoms with Gasteiger partial charge in [0.25, 0.3) is 0 Å². The summed E-state index contributed by atoms with van der Waals surface area (Å²) in [6, 6.07) is -0.309. The molecular weight excluding hydrogens is 208 g/mol. The number of carboxylic acids is 1. The van der Waals surface area contributed by atoms with E-state index in [4.69, 9.17) is 0 Å². The summed E-state index contributed by atoms with van der Waals surface area (Å²) in [5.74, 6) is -1.17. The van der Waals surface area contributed by atoms with Crippen LogP contribution in [0.1, 0.15) is 48.1 Å². The second-order valence-electron chi connectivity index (χ2n) is 3.97. The van der Waals surface area contributed by atoms with Crippen molar-refractivity contribution >= 4 is 11.8 Å². The zero-order valence-electron chi connectivity index (χ0n) is 9.90. The first kappa shape index (κ1) is 12.4. The highest BCUT2D eigenvalue weighted by atomic mass is 16.4. The first-order chi connectivity index (χ1) is 7.34. The minimum atomic E-state index is -1.12. The van der Waals surface area contributed by atoms with Crippen LogP contribution in [0.25, 0.3) is 0 Å². The highest BCUT2D eigenvalue weighted by Gasteiger charge is 2.18. The second kappa shape index (κ2) is 4.47. The van der Waals surface area contributed by atoms with Gasteiger partial charge in [-0.15, -0.1) is 0 Å². The van der Waals surface area contributed by atoms with Gasteiger partial charge in [-0.1, -0.05) is 0 Å². The number of nitrogens with zero attached hydrogens (tertiary/aromatic N) is 2. The standard InChI is InChI=1S/C11H16N2O3/c1-6(5-10(15)16)13-8(3)11(9(4)14)7(2)12-13/h6H,5H2,1-4H3,(H,15,16)/p-1/t6-/m1/s1. The van der Waals surface area contributed by atoms with E-state index < -0.39 is 5.97 Å². The van der Waals surface area contributed by atoms with Crippen molar-refractivity contribution in [2.75, 3.05) is 0 Å². The number of carboxylic acid groups (broad SMARTS) is 1. The monoisotopic (exact) mass is 223 g/mol. The minimum Gasteiger partial charge on any atom is -0.550 e. The van der Waals surface area contributed by atoms with Gasteiger partial charge >= 0.3 is 0 Å². The van der Waals surface area contributed by atoms with Gasteiger partial charge in [-0.25, -0.2) is 0 Å². The number of aliphatic carboxylic acids is 1. The van der Waals surface area contributed by atoms with Gasteiger partial charge in [0.15, 0.2) is 5.78 Å².